The number of benzene rings is 1. The molecule has 1 atom stereocenters. The van der Waals surface area contributed by atoms with E-state index in [1.54, 1.807) is 6.92 Å². The van der Waals surface area contributed by atoms with Gasteiger partial charge >= 0.3 is 5.97 Å². The first kappa shape index (κ1) is 14.0. The van der Waals surface area contributed by atoms with Crippen molar-refractivity contribution in [2.75, 3.05) is 0 Å². The Balaban J connectivity index is 3.31. The second-order valence-electron chi connectivity index (χ2n) is 4.00. The lowest BCUT2D eigenvalue weighted by molar-refractivity contribution is -0.385. The van der Waals surface area contributed by atoms with Gasteiger partial charge in [0.1, 0.15) is 5.82 Å². The Hall–Kier alpha value is -2.02. The average Bonchev–Trinajstić information content (AvgIpc) is 2.28. The molecule has 0 fully saturated rings. The maximum Gasteiger partial charge on any atom is 0.305 e. The second kappa shape index (κ2) is 5.09. The van der Waals surface area contributed by atoms with Crippen molar-refractivity contribution in [1.82, 2.24) is 0 Å². The molecule has 3 N–H and O–H groups in total. The third-order valence-corrected chi connectivity index (χ3v) is 2.79. The number of nitro benzene ring substituents is 1. The normalized spacial score (nSPS) is 13.9. The standard InChI is InChI=1S/C11H13FN2O4/c1-2-11(13,6-10(15)16)8-5-7(14(17)18)3-4-9(8)12/h3-5H,2,6,13H2,1H3,(H,15,16). The molecule has 0 aliphatic rings. The summed E-state index contributed by atoms with van der Waals surface area (Å²) in [6, 6.07) is 2.92. The van der Waals surface area contributed by atoms with Gasteiger partial charge in [-0.2, -0.15) is 0 Å². The number of carboxylic acid groups (broad SMARTS) is 1. The predicted octanol–water partition coefficient (Wildman–Crippen LogP) is 1.77. The molecular formula is C11H13FN2O4. The molecule has 0 saturated carbocycles. The summed E-state index contributed by atoms with van der Waals surface area (Å²) in [4.78, 5) is 20.7. The molecule has 6 nitrogen and oxygen atoms in total. The van der Waals surface area contributed by atoms with Gasteiger partial charge in [-0.25, -0.2) is 4.39 Å². The molecule has 1 aromatic carbocycles. The van der Waals surface area contributed by atoms with Crippen molar-refractivity contribution in [3.8, 4) is 0 Å². The zero-order chi connectivity index (χ0) is 13.9. The third kappa shape index (κ3) is 2.80. The Morgan fingerprint density at radius 2 is 2.22 bits per heavy atom. The molecule has 18 heavy (non-hydrogen) atoms. The van der Waals surface area contributed by atoms with Crippen LogP contribution in [0.25, 0.3) is 0 Å². The average molecular weight is 256 g/mol. The lowest BCUT2D eigenvalue weighted by atomic mass is 9.84. The van der Waals surface area contributed by atoms with Gasteiger partial charge in [0.2, 0.25) is 0 Å². The maximum absolute atomic E-state index is 13.7. The first-order valence-electron chi connectivity index (χ1n) is 5.25. The number of rotatable bonds is 5. The van der Waals surface area contributed by atoms with Crippen LogP contribution in [-0.4, -0.2) is 16.0 Å². The molecule has 1 rings (SSSR count). The number of nitrogens with zero attached hydrogens (tertiary/aromatic N) is 1. The summed E-state index contributed by atoms with van der Waals surface area (Å²) < 4.78 is 13.7. The van der Waals surface area contributed by atoms with Crippen LogP contribution in [0.15, 0.2) is 18.2 Å². The third-order valence-electron chi connectivity index (χ3n) is 2.79. The molecule has 0 heterocycles. The van der Waals surface area contributed by atoms with E-state index in [4.69, 9.17) is 10.8 Å². The molecule has 0 aromatic heterocycles. The number of hydrogen-bond donors (Lipinski definition) is 2. The number of hydrogen-bond acceptors (Lipinski definition) is 4. The number of aliphatic carboxylic acids is 1. The van der Waals surface area contributed by atoms with E-state index in [-0.39, 0.29) is 17.7 Å². The van der Waals surface area contributed by atoms with E-state index in [9.17, 15) is 19.3 Å². The van der Waals surface area contributed by atoms with Crippen molar-refractivity contribution in [3.63, 3.8) is 0 Å². The van der Waals surface area contributed by atoms with Crippen LogP contribution >= 0.6 is 0 Å². The number of carbonyl (C=O) groups is 1. The van der Waals surface area contributed by atoms with E-state index < -0.39 is 28.7 Å². The van der Waals surface area contributed by atoms with Crippen molar-refractivity contribution >= 4 is 11.7 Å². The Kier molecular flexibility index (Phi) is 3.97. The largest absolute Gasteiger partial charge is 0.481 e. The van der Waals surface area contributed by atoms with Gasteiger partial charge in [-0.15, -0.1) is 0 Å². The Bertz CT molecular complexity index is 492. The van der Waals surface area contributed by atoms with Crippen molar-refractivity contribution in [2.45, 2.75) is 25.3 Å². The highest BCUT2D eigenvalue weighted by atomic mass is 19.1. The van der Waals surface area contributed by atoms with Crippen LogP contribution < -0.4 is 5.73 Å². The summed E-state index contributed by atoms with van der Waals surface area (Å²) in [5, 5.41) is 19.4. The van der Waals surface area contributed by atoms with Crippen LogP contribution in [0.3, 0.4) is 0 Å². The second-order valence-corrected chi connectivity index (χ2v) is 4.00. The van der Waals surface area contributed by atoms with Gasteiger partial charge < -0.3 is 10.8 Å². The molecular weight excluding hydrogens is 243 g/mol. The summed E-state index contributed by atoms with van der Waals surface area (Å²) in [7, 11) is 0. The fourth-order valence-electron chi connectivity index (χ4n) is 1.69. The van der Waals surface area contributed by atoms with E-state index in [1.807, 2.05) is 0 Å². The predicted molar refractivity (Wildman–Crippen MR) is 61.5 cm³/mol. The first-order valence-corrected chi connectivity index (χ1v) is 5.25. The smallest absolute Gasteiger partial charge is 0.305 e. The van der Waals surface area contributed by atoms with Gasteiger partial charge in [0, 0.05) is 17.7 Å². The summed E-state index contributed by atoms with van der Waals surface area (Å²) in [6.45, 7) is 1.60. The minimum Gasteiger partial charge on any atom is -0.481 e. The maximum atomic E-state index is 13.7. The molecule has 1 unspecified atom stereocenters. The summed E-state index contributed by atoms with van der Waals surface area (Å²) in [6.07, 6.45) is -0.348. The van der Waals surface area contributed by atoms with Crippen LogP contribution in [0.5, 0.6) is 0 Å². The fourth-order valence-corrected chi connectivity index (χ4v) is 1.69. The minimum absolute atomic E-state index is 0.150. The Morgan fingerprint density at radius 1 is 1.61 bits per heavy atom. The summed E-state index contributed by atoms with van der Waals surface area (Å²) in [5.74, 6) is -1.93. The van der Waals surface area contributed by atoms with Crippen LogP contribution in [0.4, 0.5) is 10.1 Å². The molecule has 0 bridgehead atoms. The number of halogens is 1. The molecule has 0 radical (unpaired) electrons. The lowest BCUT2D eigenvalue weighted by Crippen LogP contribution is -2.39. The van der Waals surface area contributed by atoms with Crippen LogP contribution in [0.1, 0.15) is 25.3 Å². The molecule has 0 amide bonds. The topological polar surface area (TPSA) is 106 Å². The fraction of sp³-hybridized carbons (Fsp3) is 0.364. The Labute approximate surface area is 102 Å². The number of carboxylic acids is 1. The zero-order valence-corrected chi connectivity index (χ0v) is 9.72. The summed E-state index contributed by atoms with van der Waals surface area (Å²) in [5.41, 5.74) is 3.92. The van der Waals surface area contributed by atoms with Gasteiger partial charge in [-0.1, -0.05) is 6.92 Å². The molecule has 0 saturated heterocycles. The monoisotopic (exact) mass is 256 g/mol. The Morgan fingerprint density at radius 3 is 2.67 bits per heavy atom. The highest BCUT2D eigenvalue weighted by Crippen LogP contribution is 2.30. The molecule has 0 spiro atoms. The van der Waals surface area contributed by atoms with Crippen molar-refractivity contribution in [2.24, 2.45) is 5.73 Å². The van der Waals surface area contributed by atoms with Gasteiger partial charge in [-0.3, -0.25) is 14.9 Å². The highest BCUT2D eigenvalue weighted by molar-refractivity contribution is 5.69. The van der Waals surface area contributed by atoms with Crippen molar-refractivity contribution in [1.29, 1.82) is 0 Å². The van der Waals surface area contributed by atoms with E-state index in [0.717, 1.165) is 18.2 Å². The number of nitro groups is 1. The van der Waals surface area contributed by atoms with Crippen LogP contribution in [-0.2, 0) is 10.3 Å². The van der Waals surface area contributed by atoms with Gasteiger partial charge in [0.25, 0.3) is 5.69 Å². The number of nitrogens with two attached hydrogens (primary N) is 1. The molecule has 1 aromatic rings. The quantitative estimate of drug-likeness (QED) is 0.616. The van der Waals surface area contributed by atoms with Gasteiger partial charge in [0.15, 0.2) is 0 Å². The van der Waals surface area contributed by atoms with Gasteiger partial charge in [0.05, 0.1) is 16.9 Å². The molecule has 7 heteroatoms. The van der Waals surface area contributed by atoms with Crippen LogP contribution in [0, 0.1) is 15.9 Å². The van der Waals surface area contributed by atoms with Crippen LogP contribution in [0.2, 0.25) is 0 Å². The van der Waals surface area contributed by atoms with E-state index in [2.05, 4.69) is 0 Å². The highest BCUT2D eigenvalue weighted by Gasteiger charge is 2.32. The summed E-state index contributed by atoms with van der Waals surface area (Å²) >= 11 is 0. The van der Waals surface area contributed by atoms with E-state index >= 15 is 0 Å². The first-order chi connectivity index (χ1) is 8.30. The van der Waals surface area contributed by atoms with Crippen molar-refractivity contribution < 1.29 is 19.2 Å². The lowest BCUT2D eigenvalue weighted by Gasteiger charge is -2.27. The van der Waals surface area contributed by atoms with E-state index in [1.165, 1.54) is 0 Å². The molecule has 0 aliphatic heterocycles. The number of non-ortho nitro benzene ring substituents is 1. The SMILES string of the molecule is CCC(N)(CC(=O)O)c1cc([N+](=O)[O-])ccc1F. The zero-order valence-electron chi connectivity index (χ0n) is 9.72. The van der Waals surface area contributed by atoms with E-state index in [0.29, 0.717) is 0 Å². The molecule has 0 aliphatic carbocycles. The van der Waals surface area contributed by atoms with Gasteiger partial charge in [-0.05, 0) is 12.5 Å². The minimum atomic E-state index is -1.46. The van der Waals surface area contributed by atoms with Crippen molar-refractivity contribution in [3.05, 3.63) is 39.7 Å². The molecule has 98 valence electrons.